The SMILES string of the molecule is O=C(O)C(c1ccccc1Br)N1CCCC1. The topological polar surface area (TPSA) is 40.5 Å². The van der Waals surface area contributed by atoms with Gasteiger partial charge in [-0.3, -0.25) is 9.69 Å². The van der Waals surface area contributed by atoms with Gasteiger partial charge in [-0.15, -0.1) is 0 Å². The summed E-state index contributed by atoms with van der Waals surface area (Å²) < 4.78 is 0.870. The average molecular weight is 284 g/mol. The van der Waals surface area contributed by atoms with Crippen LogP contribution in [0.4, 0.5) is 0 Å². The number of nitrogens with zero attached hydrogens (tertiary/aromatic N) is 1. The summed E-state index contributed by atoms with van der Waals surface area (Å²) in [5.74, 6) is -0.770. The fourth-order valence-corrected chi connectivity index (χ4v) is 2.68. The van der Waals surface area contributed by atoms with Crippen molar-refractivity contribution in [2.75, 3.05) is 13.1 Å². The van der Waals surface area contributed by atoms with Gasteiger partial charge in [-0.25, -0.2) is 0 Å². The van der Waals surface area contributed by atoms with Crippen molar-refractivity contribution in [3.8, 4) is 0 Å². The molecular formula is C12H14BrNO2. The lowest BCUT2D eigenvalue weighted by atomic mass is 10.1. The first-order valence-electron chi connectivity index (χ1n) is 5.41. The highest BCUT2D eigenvalue weighted by atomic mass is 79.9. The molecule has 1 heterocycles. The summed E-state index contributed by atoms with van der Waals surface area (Å²) in [5, 5.41) is 9.35. The van der Waals surface area contributed by atoms with Crippen LogP contribution in [0.15, 0.2) is 28.7 Å². The zero-order valence-corrected chi connectivity index (χ0v) is 10.5. The highest BCUT2D eigenvalue weighted by molar-refractivity contribution is 9.10. The second kappa shape index (κ2) is 4.97. The van der Waals surface area contributed by atoms with Gasteiger partial charge in [0.15, 0.2) is 0 Å². The predicted octanol–water partition coefficient (Wildman–Crippen LogP) is 2.67. The van der Waals surface area contributed by atoms with Gasteiger partial charge in [-0.05, 0) is 37.6 Å². The third-order valence-corrected chi connectivity index (χ3v) is 3.66. The lowest BCUT2D eigenvalue weighted by Crippen LogP contribution is -2.31. The van der Waals surface area contributed by atoms with Crippen LogP contribution in [0.25, 0.3) is 0 Å². The normalized spacial score (nSPS) is 18.6. The molecule has 0 aliphatic carbocycles. The van der Waals surface area contributed by atoms with Crippen LogP contribution < -0.4 is 0 Å². The molecule has 1 fully saturated rings. The van der Waals surface area contributed by atoms with Crippen LogP contribution in [-0.4, -0.2) is 29.1 Å². The molecule has 0 aromatic heterocycles. The van der Waals surface area contributed by atoms with E-state index in [0.29, 0.717) is 0 Å². The second-order valence-electron chi connectivity index (χ2n) is 4.01. The van der Waals surface area contributed by atoms with Gasteiger partial charge >= 0.3 is 5.97 Å². The van der Waals surface area contributed by atoms with Gasteiger partial charge in [0.05, 0.1) is 0 Å². The molecule has 0 amide bonds. The smallest absolute Gasteiger partial charge is 0.325 e. The van der Waals surface area contributed by atoms with Gasteiger partial charge in [0, 0.05) is 4.47 Å². The molecule has 0 bridgehead atoms. The Morgan fingerprint density at radius 2 is 1.94 bits per heavy atom. The van der Waals surface area contributed by atoms with E-state index in [1.54, 1.807) is 0 Å². The molecule has 86 valence electrons. The molecule has 2 rings (SSSR count). The van der Waals surface area contributed by atoms with Gasteiger partial charge in [-0.2, -0.15) is 0 Å². The summed E-state index contributed by atoms with van der Waals surface area (Å²) in [6, 6.07) is 7.03. The second-order valence-corrected chi connectivity index (χ2v) is 4.86. The number of rotatable bonds is 3. The van der Waals surface area contributed by atoms with E-state index in [2.05, 4.69) is 15.9 Å². The summed E-state index contributed by atoms with van der Waals surface area (Å²) >= 11 is 3.42. The fourth-order valence-electron chi connectivity index (χ4n) is 2.18. The first-order valence-corrected chi connectivity index (χ1v) is 6.21. The number of carbonyl (C=O) groups is 1. The lowest BCUT2D eigenvalue weighted by Gasteiger charge is -2.24. The first-order chi connectivity index (χ1) is 7.70. The van der Waals surface area contributed by atoms with Crippen LogP contribution in [0.2, 0.25) is 0 Å². The van der Waals surface area contributed by atoms with Crippen LogP contribution in [0.1, 0.15) is 24.4 Å². The summed E-state index contributed by atoms with van der Waals surface area (Å²) in [4.78, 5) is 13.4. The van der Waals surface area contributed by atoms with E-state index in [1.807, 2.05) is 29.2 Å². The fraction of sp³-hybridized carbons (Fsp3) is 0.417. The van der Waals surface area contributed by atoms with Gasteiger partial charge in [-0.1, -0.05) is 34.1 Å². The zero-order valence-electron chi connectivity index (χ0n) is 8.90. The van der Waals surface area contributed by atoms with Gasteiger partial charge in [0.25, 0.3) is 0 Å². The Hall–Kier alpha value is -0.870. The number of carboxylic acids is 1. The largest absolute Gasteiger partial charge is 0.480 e. The molecule has 3 nitrogen and oxygen atoms in total. The van der Waals surface area contributed by atoms with Crippen molar-refractivity contribution in [2.45, 2.75) is 18.9 Å². The summed E-state index contributed by atoms with van der Waals surface area (Å²) in [6.45, 7) is 1.75. The molecular weight excluding hydrogens is 270 g/mol. The van der Waals surface area contributed by atoms with E-state index >= 15 is 0 Å². The van der Waals surface area contributed by atoms with Crippen molar-refractivity contribution >= 4 is 21.9 Å². The van der Waals surface area contributed by atoms with Crippen molar-refractivity contribution in [2.24, 2.45) is 0 Å². The van der Waals surface area contributed by atoms with Crippen LogP contribution >= 0.6 is 15.9 Å². The number of hydrogen-bond donors (Lipinski definition) is 1. The maximum absolute atomic E-state index is 11.4. The van der Waals surface area contributed by atoms with Gasteiger partial charge < -0.3 is 5.11 Å². The first kappa shape index (κ1) is 11.6. The van der Waals surface area contributed by atoms with E-state index in [-0.39, 0.29) is 0 Å². The number of carboxylic acid groups (broad SMARTS) is 1. The maximum atomic E-state index is 11.4. The average Bonchev–Trinajstić information content (AvgIpc) is 2.74. The Kier molecular flexibility index (Phi) is 3.61. The maximum Gasteiger partial charge on any atom is 0.325 e. The van der Waals surface area contributed by atoms with Gasteiger partial charge in [0.2, 0.25) is 0 Å². The minimum Gasteiger partial charge on any atom is -0.480 e. The highest BCUT2D eigenvalue weighted by Gasteiger charge is 2.30. The molecule has 0 spiro atoms. The highest BCUT2D eigenvalue weighted by Crippen LogP contribution is 2.30. The molecule has 1 saturated heterocycles. The minimum absolute atomic E-state index is 0.516. The van der Waals surface area contributed by atoms with Crippen LogP contribution in [-0.2, 0) is 4.79 Å². The van der Waals surface area contributed by atoms with E-state index in [1.165, 1.54) is 0 Å². The molecule has 16 heavy (non-hydrogen) atoms. The van der Waals surface area contributed by atoms with E-state index < -0.39 is 12.0 Å². The minimum atomic E-state index is -0.770. The van der Waals surface area contributed by atoms with E-state index in [4.69, 9.17) is 0 Å². The van der Waals surface area contributed by atoms with Crippen molar-refractivity contribution in [3.63, 3.8) is 0 Å². The van der Waals surface area contributed by atoms with Crippen molar-refractivity contribution < 1.29 is 9.90 Å². The third kappa shape index (κ3) is 2.28. The Balaban J connectivity index is 2.32. The van der Waals surface area contributed by atoms with Crippen LogP contribution in [0, 0.1) is 0 Å². The lowest BCUT2D eigenvalue weighted by molar-refractivity contribution is -0.143. The van der Waals surface area contributed by atoms with Crippen LogP contribution in [0.3, 0.4) is 0 Å². The molecule has 1 aromatic carbocycles. The molecule has 1 atom stereocenters. The van der Waals surface area contributed by atoms with Crippen molar-refractivity contribution in [1.82, 2.24) is 4.90 Å². The Morgan fingerprint density at radius 3 is 2.50 bits per heavy atom. The molecule has 4 heteroatoms. The number of benzene rings is 1. The predicted molar refractivity (Wildman–Crippen MR) is 65.3 cm³/mol. The van der Waals surface area contributed by atoms with Crippen molar-refractivity contribution in [1.29, 1.82) is 0 Å². The van der Waals surface area contributed by atoms with E-state index in [9.17, 15) is 9.90 Å². The van der Waals surface area contributed by atoms with Crippen LogP contribution in [0.5, 0.6) is 0 Å². The molecule has 1 aliphatic heterocycles. The van der Waals surface area contributed by atoms with E-state index in [0.717, 1.165) is 36.0 Å². The molecule has 1 unspecified atom stereocenters. The molecule has 1 aromatic rings. The Morgan fingerprint density at radius 1 is 1.31 bits per heavy atom. The third-order valence-electron chi connectivity index (χ3n) is 2.94. The molecule has 1 aliphatic rings. The number of likely N-dealkylation sites (tertiary alicyclic amines) is 1. The molecule has 1 N–H and O–H groups in total. The molecule has 0 radical (unpaired) electrons. The van der Waals surface area contributed by atoms with Gasteiger partial charge in [0.1, 0.15) is 6.04 Å². The number of halogens is 1. The Bertz CT molecular complexity index is 388. The summed E-state index contributed by atoms with van der Waals surface area (Å²) in [7, 11) is 0. The summed E-state index contributed by atoms with van der Waals surface area (Å²) in [6.07, 6.45) is 2.18. The number of aliphatic carboxylic acids is 1. The standard InChI is InChI=1S/C12H14BrNO2/c13-10-6-2-1-5-9(10)11(12(15)16)14-7-3-4-8-14/h1-2,5-6,11H,3-4,7-8H2,(H,15,16). The summed E-state index contributed by atoms with van der Waals surface area (Å²) in [5.41, 5.74) is 0.844. The van der Waals surface area contributed by atoms with Crippen molar-refractivity contribution in [3.05, 3.63) is 34.3 Å². The molecule has 0 saturated carbocycles. The number of hydrogen-bond acceptors (Lipinski definition) is 2. The Labute approximate surface area is 103 Å². The zero-order chi connectivity index (χ0) is 11.5. The quantitative estimate of drug-likeness (QED) is 0.927. The monoisotopic (exact) mass is 283 g/mol.